The molecule has 94 valence electrons. The van der Waals surface area contributed by atoms with Gasteiger partial charge >= 0.3 is 0 Å². The molecule has 2 nitrogen and oxygen atoms in total. The monoisotopic (exact) mass is 322 g/mol. The number of nitrogens with zero attached hydrogens (tertiary/aromatic N) is 1. The van der Waals surface area contributed by atoms with Crippen LogP contribution < -0.4 is 10.6 Å². The van der Waals surface area contributed by atoms with Crippen molar-refractivity contribution in [3.8, 4) is 0 Å². The first kappa shape index (κ1) is 12.1. The van der Waals surface area contributed by atoms with Crippen LogP contribution in [0.4, 0.5) is 11.4 Å². The number of rotatable bonds is 2. The average Bonchev–Trinajstić information content (AvgIpc) is 2.75. The van der Waals surface area contributed by atoms with Gasteiger partial charge in [-0.1, -0.05) is 0 Å². The molecule has 3 rings (SSSR count). The summed E-state index contributed by atoms with van der Waals surface area (Å²) in [6.45, 7) is 2.12. The normalized spacial score (nSPS) is 14.6. The Kier molecular flexibility index (Phi) is 3.31. The molecule has 0 saturated carbocycles. The summed E-state index contributed by atoms with van der Waals surface area (Å²) in [6, 6.07) is 10.6. The lowest BCUT2D eigenvalue weighted by Crippen LogP contribution is -2.28. The zero-order chi connectivity index (χ0) is 12.5. The number of fused-ring (bicyclic) bond motifs is 1. The molecule has 2 N–H and O–H groups in total. The molecule has 18 heavy (non-hydrogen) atoms. The summed E-state index contributed by atoms with van der Waals surface area (Å²) in [5.41, 5.74) is 9.46. The number of halogens is 1. The maximum atomic E-state index is 5.86. The first-order valence-electron chi connectivity index (χ1n) is 6.10. The lowest BCUT2D eigenvalue weighted by Gasteiger charge is -2.31. The molecular weight excluding hydrogens is 308 g/mol. The van der Waals surface area contributed by atoms with Crippen molar-refractivity contribution in [2.24, 2.45) is 0 Å². The second-order valence-corrected chi connectivity index (χ2v) is 7.17. The molecule has 2 aromatic rings. The van der Waals surface area contributed by atoms with Crippen LogP contribution in [0.25, 0.3) is 0 Å². The van der Waals surface area contributed by atoms with Crippen LogP contribution >= 0.6 is 27.3 Å². The van der Waals surface area contributed by atoms with Crippen molar-refractivity contribution in [1.82, 2.24) is 0 Å². The zero-order valence-electron chi connectivity index (χ0n) is 10.0. The van der Waals surface area contributed by atoms with Crippen LogP contribution in [-0.2, 0) is 13.0 Å². The third kappa shape index (κ3) is 2.40. The van der Waals surface area contributed by atoms with Crippen LogP contribution in [0.3, 0.4) is 0 Å². The van der Waals surface area contributed by atoms with Crippen molar-refractivity contribution in [3.05, 3.63) is 44.6 Å². The number of aryl methyl sites for hydroxylation is 1. The van der Waals surface area contributed by atoms with E-state index in [2.05, 4.69) is 45.1 Å². The molecule has 0 atom stereocenters. The van der Waals surface area contributed by atoms with Crippen LogP contribution in [0.1, 0.15) is 16.9 Å². The Balaban J connectivity index is 1.87. The molecule has 0 aliphatic carbocycles. The number of hydrogen-bond acceptors (Lipinski definition) is 3. The predicted octanol–water partition coefficient (Wildman–Crippen LogP) is 4.05. The highest BCUT2D eigenvalue weighted by molar-refractivity contribution is 9.11. The standard InChI is InChI=1S/C14H15BrN2S/c15-14-6-4-12(18-14)9-17-7-1-2-10-8-11(16)3-5-13(10)17/h3-6,8H,1-2,7,9,16H2. The molecule has 0 saturated heterocycles. The number of thiophene rings is 1. The minimum atomic E-state index is 0.870. The molecule has 0 amide bonds. The van der Waals surface area contributed by atoms with Crippen molar-refractivity contribution >= 4 is 38.6 Å². The summed E-state index contributed by atoms with van der Waals surface area (Å²) in [4.78, 5) is 3.85. The van der Waals surface area contributed by atoms with Gasteiger partial charge in [-0.05, 0) is 64.7 Å². The smallest absolute Gasteiger partial charge is 0.0702 e. The van der Waals surface area contributed by atoms with Crippen molar-refractivity contribution in [1.29, 1.82) is 0 Å². The van der Waals surface area contributed by atoms with Crippen molar-refractivity contribution in [2.75, 3.05) is 17.2 Å². The first-order chi connectivity index (χ1) is 8.72. The van der Waals surface area contributed by atoms with Gasteiger partial charge in [0.15, 0.2) is 0 Å². The third-order valence-electron chi connectivity index (χ3n) is 3.29. The highest BCUT2D eigenvalue weighted by Crippen LogP contribution is 2.31. The van der Waals surface area contributed by atoms with Gasteiger partial charge in [-0.25, -0.2) is 0 Å². The minimum Gasteiger partial charge on any atom is -0.399 e. The molecule has 1 aliphatic rings. The summed E-state index contributed by atoms with van der Waals surface area (Å²) in [5.74, 6) is 0. The molecular formula is C14H15BrN2S. The van der Waals surface area contributed by atoms with E-state index in [1.807, 2.05) is 17.4 Å². The molecule has 0 radical (unpaired) electrons. The number of nitrogen functional groups attached to an aromatic ring is 1. The second kappa shape index (κ2) is 4.94. The lowest BCUT2D eigenvalue weighted by molar-refractivity contribution is 0.695. The molecule has 4 heteroatoms. The van der Waals surface area contributed by atoms with E-state index in [-0.39, 0.29) is 0 Å². The Hall–Kier alpha value is -1.000. The molecule has 2 heterocycles. The fraction of sp³-hybridized carbons (Fsp3) is 0.286. The van der Waals surface area contributed by atoms with E-state index in [1.54, 1.807) is 0 Å². The van der Waals surface area contributed by atoms with Gasteiger partial charge in [0.2, 0.25) is 0 Å². The lowest BCUT2D eigenvalue weighted by atomic mass is 10.0. The van der Waals surface area contributed by atoms with E-state index >= 15 is 0 Å². The SMILES string of the molecule is Nc1ccc2c(c1)CCCN2Cc1ccc(Br)s1. The molecule has 0 fully saturated rings. The fourth-order valence-corrected chi connectivity index (χ4v) is 3.98. The average molecular weight is 323 g/mol. The summed E-state index contributed by atoms with van der Waals surface area (Å²) < 4.78 is 1.20. The summed E-state index contributed by atoms with van der Waals surface area (Å²) in [7, 11) is 0. The van der Waals surface area contributed by atoms with E-state index < -0.39 is 0 Å². The number of benzene rings is 1. The highest BCUT2D eigenvalue weighted by atomic mass is 79.9. The Morgan fingerprint density at radius 2 is 2.17 bits per heavy atom. The maximum Gasteiger partial charge on any atom is 0.0702 e. The summed E-state index contributed by atoms with van der Waals surface area (Å²) in [6.07, 6.45) is 2.36. The van der Waals surface area contributed by atoms with E-state index in [9.17, 15) is 0 Å². The van der Waals surface area contributed by atoms with Gasteiger partial charge in [-0.3, -0.25) is 0 Å². The van der Waals surface area contributed by atoms with E-state index in [0.717, 1.165) is 25.2 Å². The molecule has 0 bridgehead atoms. The number of nitrogens with two attached hydrogens (primary N) is 1. The van der Waals surface area contributed by atoms with Gasteiger partial charge < -0.3 is 10.6 Å². The van der Waals surface area contributed by atoms with E-state index in [4.69, 9.17) is 5.73 Å². The van der Waals surface area contributed by atoms with Gasteiger partial charge in [-0.15, -0.1) is 11.3 Å². The number of hydrogen-bond donors (Lipinski definition) is 1. The Labute approximate surface area is 120 Å². The molecule has 1 aromatic heterocycles. The van der Waals surface area contributed by atoms with Gasteiger partial charge in [0.1, 0.15) is 0 Å². The Bertz CT molecular complexity index is 565. The van der Waals surface area contributed by atoms with Gasteiger partial charge in [0, 0.05) is 22.8 Å². The Morgan fingerprint density at radius 3 is 2.94 bits per heavy atom. The zero-order valence-corrected chi connectivity index (χ0v) is 12.4. The van der Waals surface area contributed by atoms with Crippen molar-refractivity contribution < 1.29 is 0 Å². The summed E-state index contributed by atoms with van der Waals surface area (Å²) in [5, 5.41) is 0. The van der Waals surface area contributed by atoms with Crippen LogP contribution in [0.5, 0.6) is 0 Å². The predicted molar refractivity (Wildman–Crippen MR) is 82.2 cm³/mol. The van der Waals surface area contributed by atoms with Gasteiger partial charge in [0.05, 0.1) is 10.3 Å². The van der Waals surface area contributed by atoms with Crippen LogP contribution in [-0.4, -0.2) is 6.54 Å². The Morgan fingerprint density at radius 1 is 1.28 bits per heavy atom. The largest absolute Gasteiger partial charge is 0.399 e. The quantitative estimate of drug-likeness (QED) is 0.845. The minimum absolute atomic E-state index is 0.870. The molecule has 1 aliphatic heterocycles. The van der Waals surface area contributed by atoms with E-state index in [1.165, 1.54) is 26.3 Å². The number of anilines is 2. The maximum absolute atomic E-state index is 5.86. The highest BCUT2D eigenvalue weighted by Gasteiger charge is 2.17. The van der Waals surface area contributed by atoms with Gasteiger partial charge in [-0.2, -0.15) is 0 Å². The third-order valence-corrected chi connectivity index (χ3v) is 4.90. The van der Waals surface area contributed by atoms with E-state index in [0.29, 0.717) is 0 Å². The molecule has 0 unspecified atom stereocenters. The summed E-state index contributed by atoms with van der Waals surface area (Å²) >= 11 is 5.33. The molecule has 0 spiro atoms. The van der Waals surface area contributed by atoms with Gasteiger partial charge in [0.25, 0.3) is 0 Å². The van der Waals surface area contributed by atoms with Crippen LogP contribution in [0.15, 0.2) is 34.1 Å². The fourth-order valence-electron chi connectivity index (χ4n) is 2.48. The van der Waals surface area contributed by atoms with Crippen LogP contribution in [0, 0.1) is 0 Å². The van der Waals surface area contributed by atoms with Crippen LogP contribution in [0.2, 0.25) is 0 Å². The van der Waals surface area contributed by atoms with Crippen molar-refractivity contribution in [3.63, 3.8) is 0 Å². The topological polar surface area (TPSA) is 29.3 Å². The van der Waals surface area contributed by atoms with Crippen molar-refractivity contribution in [2.45, 2.75) is 19.4 Å². The molecule has 1 aromatic carbocycles. The first-order valence-corrected chi connectivity index (χ1v) is 7.71. The second-order valence-electron chi connectivity index (χ2n) is 4.62.